The first-order valence-electron chi connectivity index (χ1n) is 10.4. The standard InChI is InChI=1S/C27H19N3OS/c1-18-10-12-19(13-11-18)26-28-29-27(31-26)20-14-16-21(17-15-20)30-22-6-2-4-8-24(22)32-25-9-5-3-7-23(25)30/h2-17H,1H3. The van der Waals surface area contributed by atoms with E-state index in [1.54, 1.807) is 0 Å². The maximum absolute atomic E-state index is 5.95. The van der Waals surface area contributed by atoms with E-state index in [1.807, 2.05) is 48.2 Å². The molecule has 154 valence electrons. The van der Waals surface area contributed by atoms with Gasteiger partial charge in [-0.3, -0.25) is 0 Å². The van der Waals surface area contributed by atoms with Gasteiger partial charge in [0, 0.05) is 26.6 Å². The van der Waals surface area contributed by atoms with Crippen LogP contribution in [0.1, 0.15) is 5.56 Å². The summed E-state index contributed by atoms with van der Waals surface area (Å²) in [6.07, 6.45) is 0. The molecule has 32 heavy (non-hydrogen) atoms. The van der Waals surface area contributed by atoms with Gasteiger partial charge in [0.15, 0.2) is 0 Å². The maximum atomic E-state index is 5.95. The molecule has 2 heterocycles. The van der Waals surface area contributed by atoms with Gasteiger partial charge < -0.3 is 9.32 Å². The molecule has 0 spiro atoms. The Morgan fingerprint density at radius 2 is 1.12 bits per heavy atom. The molecule has 5 aromatic rings. The lowest BCUT2D eigenvalue weighted by Gasteiger charge is -2.32. The molecule has 1 aliphatic heterocycles. The summed E-state index contributed by atoms with van der Waals surface area (Å²) in [5.41, 5.74) is 6.47. The topological polar surface area (TPSA) is 42.2 Å². The Morgan fingerprint density at radius 1 is 0.625 bits per heavy atom. The quantitative estimate of drug-likeness (QED) is 0.287. The molecule has 0 amide bonds. The van der Waals surface area contributed by atoms with Crippen molar-refractivity contribution in [2.75, 3.05) is 4.90 Å². The second kappa shape index (κ2) is 7.70. The van der Waals surface area contributed by atoms with Crippen molar-refractivity contribution < 1.29 is 4.42 Å². The van der Waals surface area contributed by atoms with Crippen LogP contribution in [0.15, 0.2) is 111 Å². The van der Waals surface area contributed by atoms with E-state index < -0.39 is 0 Å². The van der Waals surface area contributed by atoms with Crippen LogP contribution in [-0.2, 0) is 0 Å². The molecular weight excluding hydrogens is 414 g/mol. The van der Waals surface area contributed by atoms with Crippen LogP contribution in [0.5, 0.6) is 0 Å². The van der Waals surface area contributed by atoms with E-state index in [0.717, 1.165) is 16.8 Å². The molecule has 0 saturated carbocycles. The Morgan fingerprint density at radius 3 is 1.69 bits per heavy atom. The third-order valence-corrected chi connectivity index (χ3v) is 6.66. The van der Waals surface area contributed by atoms with Crippen molar-refractivity contribution in [3.8, 4) is 22.9 Å². The average molecular weight is 434 g/mol. The number of benzene rings is 4. The van der Waals surface area contributed by atoms with Crippen LogP contribution in [0, 0.1) is 6.92 Å². The SMILES string of the molecule is Cc1ccc(-c2nnc(-c3ccc(N4c5ccccc5Sc5ccccc54)cc3)o2)cc1. The molecule has 0 fully saturated rings. The Labute approximate surface area is 190 Å². The van der Waals surface area contributed by atoms with E-state index >= 15 is 0 Å². The second-order valence-electron chi connectivity index (χ2n) is 7.70. The van der Waals surface area contributed by atoms with Crippen molar-refractivity contribution in [3.05, 3.63) is 103 Å². The number of aryl methyl sites for hydroxylation is 1. The van der Waals surface area contributed by atoms with Gasteiger partial charge in [-0.05, 0) is 67.6 Å². The molecule has 0 saturated heterocycles. The van der Waals surface area contributed by atoms with Gasteiger partial charge in [-0.15, -0.1) is 10.2 Å². The van der Waals surface area contributed by atoms with Gasteiger partial charge in [0.05, 0.1) is 11.4 Å². The van der Waals surface area contributed by atoms with Crippen LogP contribution in [0.25, 0.3) is 22.9 Å². The highest BCUT2D eigenvalue weighted by Gasteiger charge is 2.24. The Balaban J connectivity index is 1.36. The summed E-state index contributed by atoms with van der Waals surface area (Å²) in [7, 11) is 0. The summed E-state index contributed by atoms with van der Waals surface area (Å²) < 4.78 is 5.95. The van der Waals surface area contributed by atoms with Crippen molar-refractivity contribution >= 4 is 28.8 Å². The minimum absolute atomic E-state index is 0.516. The van der Waals surface area contributed by atoms with E-state index in [4.69, 9.17) is 4.42 Å². The maximum Gasteiger partial charge on any atom is 0.248 e. The number of para-hydroxylation sites is 2. The number of anilines is 3. The molecular formula is C27H19N3OS. The molecule has 1 aromatic heterocycles. The van der Waals surface area contributed by atoms with Crippen molar-refractivity contribution in [3.63, 3.8) is 0 Å². The minimum atomic E-state index is 0.516. The monoisotopic (exact) mass is 433 g/mol. The predicted molar refractivity (Wildman–Crippen MR) is 129 cm³/mol. The van der Waals surface area contributed by atoms with Crippen molar-refractivity contribution in [2.24, 2.45) is 0 Å². The molecule has 0 atom stereocenters. The predicted octanol–water partition coefficient (Wildman–Crippen LogP) is 7.65. The third kappa shape index (κ3) is 3.27. The van der Waals surface area contributed by atoms with Gasteiger partial charge in [0.2, 0.25) is 11.8 Å². The van der Waals surface area contributed by atoms with Crippen molar-refractivity contribution in [1.29, 1.82) is 0 Å². The van der Waals surface area contributed by atoms with Gasteiger partial charge in [-0.2, -0.15) is 0 Å². The number of rotatable bonds is 3. The molecule has 4 nitrogen and oxygen atoms in total. The summed E-state index contributed by atoms with van der Waals surface area (Å²) in [6.45, 7) is 2.06. The fraction of sp³-hybridized carbons (Fsp3) is 0.0370. The Kier molecular flexibility index (Phi) is 4.55. The zero-order chi connectivity index (χ0) is 21.5. The largest absolute Gasteiger partial charge is 0.416 e. The third-order valence-electron chi connectivity index (χ3n) is 5.53. The van der Waals surface area contributed by atoms with E-state index in [0.29, 0.717) is 11.8 Å². The lowest BCUT2D eigenvalue weighted by Crippen LogP contribution is -2.14. The highest BCUT2D eigenvalue weighted by atomic mass is 32.2. The second-order valence-corrected chi connectivity index (χ2v) is 8.78. The van der Waals surface area contributed by atoms with Crippen LogP contribution in [0.2, 0.25) is 0 Å². The molecule has 0 bridgehead atoms. The summed E-state index contributed by atoms with van der Waals surface area (Å²) in [5, 5.41) is 8.50. The highest BCUT2D eigenvalue weighted by molar-refractivity contribution is 7.99. The number of hydrogen-bond acceptors (Lipinski definition) is 5. The van der Waals surface area contributed by atoms with Gasteiger partial charge in [-0.25, -0.2) is 0 Å². The summed E-state index contributed by atoms with van der Waals surface area (Å²) in [6, 6.07) is 33.4. The van der Waals surface area contributed by atoms with E-state index in [9.17, 15) is 0 Å². The first kappa shape index (κ1) is 18.9. The molecule has 5 heteroatoms. The van der Waals surface area contributed by atoms with Crippen LogP contribution < -0.4 is 4.90 Å². The number of nitrogens with zero attached hydrogens (tertiary/aromatic N) is 3. The van der Waals surface area contributed by atoms with E-state index in [2.05, 4.69) is 82.7 Å². The smallest absolute Gasteiger partial charge is 0.248 e. The summed E-state index contributed by atoms with van der Waals surface area (Å²) >= 11 is 1.81. The fourth-order valence-electron chi connectivity index (χ4n) is 3.89. The summed E-state index contributed by atoms with van der Waals surface area (Å²) in [4.78, 5) is 4.79. The number of hydrogen-bond donors (Lipinski definition) is 0. The highest BCUT2D eigenvalue weighted by Crippen LogP contribution is 2.51. The van der Waals surface area contributed by atoms with Crippen molar-refractivity contribution in [1.82, 2.24) is 10.2 Å². The van der Waals surface area contributed by atoms with Gasteiger partial charge in [-0.1, -0.05) is 53.7 Å². The number of fused-ring (bicyclic) bond motifs is 2. The van der Waals surface area contributed by atoms with Crippen molar-refractivity contribution in [2.45, 2.75) is 16.7 Å². The minimum Gasteiger partial charge on any atom is -0.416 e. The fourth-order valence-corrected chi connectivity index (χ4v) is 4.95. The molecule has 0 unspecified atom stereocenters. The van der Waals surface area contributed by atoms with Crippen LogP contribution in [0.4, 0.5) is 17.1 Å². The van der Waals surface area contributed by atoms with Gasteiger partial charge in [0.1, 0.15) is 0 Å². The molecule has 0 N–H and O–H groups in total. The van der Waals surface area contributed by atoms with Crippen LogP contribution in [0.3, 0.4) is 0 Å². The van der Waals surface area contributed by atoms with Crippen LogP contribution >= 0.6 is 11.8 Å². The number of aromatic nitrogens is 2. The lowest BCUT2D eigenvalue weighted by atomic mass is 10.1. The molecule has 4 aromatic carbocycles. The average Bonchev–Trinajstić information content (AvgIpc) is 3.33. The van der Waals surface area contributed by atoms with Gasteiger partial charge >= 0.3 is 0 Å². The normalized spacial score (nSPS) is 12.3. The van der Waals surface area contributed by atoms with E-state index in [1.165, 1.54) is 26.7 Å². The summed E-state index contributed by atoms with van der Waals surface area (Å²) in [5.74, 6) is 1.04. The molecule has 1 aliphatic rings. The Hall–Kier alpha value is -3.83. The van der Waals surface area contributed by atoms with Gasteiger partial charge in [0.25, 0.3) is 0 Å². The van der Waals surface area contributed by atoms with Crippen LogP contribution in [-0.4, -0.2) is 10.2 Å². The molecule has 0 radical (unpaired) electrons. The first-order valence-corrected chi connectivity index (χ1v) is 11.2. The zero-order valence-corrected chi connectivity index (χ0v) is 18.2. The van der Waals surface area contributed by atoms with E-state index in [-0.39, 0.29) is 0 Å². The first-order chi connectivity index (χ1) is 15.8. The molecule has 6 rings (SSSR count). The molecule has 0 aliphatic carbocycles. The lowest BCUT2D eigenvalue weighted by molar-refractivity contribution is 0.584. The zero-order valence-electron chi connectivity index (χ0n) is 17.4. The Bertz CT molecular complexity index is 1360.